The Labute approximate surface area is 392 Å². The lowest BCUT2D eigenvalue weighted by atomic mass is 9.68. The highest BCUT2D eigenvalue weighted by Crippen LogP contribution is 2.49. The fourth-order valence-electron chi connectivity index (χ4n) is 5.63. The number of hydrogen-bond donors (Lipinski definition) is 2. The number of halogens is 2. The molecular formula is C50H68F2O8S2. The van der Waals surface area contributed by atoms with Crippen molar-refractivity contribution in [3.8, 4) is 148 Å². The van der Waals surface area contributed by atoms with E-state index in [1.165, 1.54) is 18.2 Å². The molecular weight excluding hydrogens is 831 g/mol. The molecule has 0 aliphatic carbocycles. The van der Waals surface area contributed by atoms with Crippen LogP contribution in [0.2, 0.25) is 0 Å². The Morgan fingerprint density at radius 1 is 0.774 bits per heavy atom. The Hall–Kier alpha value is -7.08. The number of unbranched alkanes of at least 4 members (excludes halogenated alkanes) is 2. The molecule has 1 heterocycles. The standard InChI is InChI=1S/C25H33FO4S.C25H4.FHO4.H2S.14H2/c1-4-6-13-25(14-7-5-2)17-31(28,29)22-12-11-19(26)16-21(22)23(24(25)27)18-9-8-10-20(15-18)30-3;1-3-5-7-9-11-13-15-17-19-21-23-25-24-22-20-18-16-14-12-10-8-6-4-2;1-3-5-4-2;;;;;;;;;;;;;;;/h8-12,15-16,23-24,27H,4-7,13-14,17H2,1-3H3;1H,2H3;2H;1H2;14*1H/t23-,24-;;;;;;;;;;;;;;;;;/m1................./s1. The van der Waals surface area contributed by atoms with E-state index in [1.54, 1.807) is 20.1 Å². The molecule has 1 aliphatic rings. The third-order valence-corrected chi connectivity index (χ3v) is 10.1. The van der Waals surface area contributed by atoms with Crippen molar-refractivity contribution >= 4 is 23.3 Å². The Morgan fingerprint density at radius 3 is 1.63 bits per heavy atom. The van der Waals surface area contributed by atoms with Crippen LogP contribution in [-0.2, 0) is 25.0 Å². The molecule has 62 heavy (non-hydrogen) atoms. The van der Waals surface area contributed by atoms with Crippen molar-refractivity contribution < 1.29 is 67.6 Å². The molecule has 0 radical (unpaired) electrons. The summed E-state index contributed by atoms with van der Waals surface area (Å²) in [4.78, 5) is 0.121. The number of benzene rings is 2. The maximum absolute atomic E-state index is 14.3. The zero-order valence-electron chi connectivity index (χ0n) is 34.2. The van der Waals surface area contributed by atoms with Crippen molar-refractivity contribution in [3.63, 3.8) is 0 Å². The molecule has 2 aromatic rings. The summed E-state index contributed by atoms with van der Waals surface area (Å²) >= 11 is 0. The first-order chi connectivity index (χ1) is 29.6. The van der Waals surface area contributed by atoms with Gasteiger partial charge in [-0.3, -0.25) is 0 Å². The highest BCUT2D eigenvalue weighted by molar-refractivity contribution is 7.91. The van der Waals surface area contributed by atoms with Gasteiger partial charge in [-0.2, -0.15) is 13.5 Å². The van der Waals surface area contributed by atoms with Gasteiger partial charge >= 0.3 is 0 Å². The number of sulfone groups is 1. The summed E-state index contributed by atoms with van der Waals surface area (Å²) in [6.45, 7) is 5.82. The Balaban J connectivity index is -0.0000000591. The molecule has 0 saturated carbocycles. The lowest BCUT2D eigenvalue weighted by Crippen LogP contribution is -2.43. The van der Waals surface area contributed by atoms with Gasteiger partial charge in [0, 0.05) is 71.9 Å². The van der Waals surface area contributed by atoms with E-state index in [2.05, 4.69) is 165 Å². The van der Waals surface area contributed by atoms with Crippen LogP contribution < -0.4 is 4.74 Å². The van der Waals surface area contributed by atoms with Gasteiger partial charge in [0.1, 0.15) is 11.6 Å². The van der Waals surface area contributed by atoms with Gasteiger partial charge in [-0.1, -0.05) is 57.6 Å². The largest absolute Gasteiger partial charge is 0.497 e. The van der Waals surface area contributed by atoms with Crippen molar-refractivity contribution in [1.82, 2.24) is 0 Å². The average molecular weight is 899 g/mol. The van der Waals surface area contributed by atoms with Crippen molar-refractivity contribution in [2.45, 2.75) is 76.2 Å². The second-order valence-electron chi connectivity index (χ2n) is 11.9. The zero-order chi connectivity index (χ0) is 45.0. The van der Waals surface area contributed by atoms with Crippen LogP contribution in [0.3, 0.4) is 0 Å². The molecule has 0 bridgehead atoms. The van der Waals surface area contributed by atoms with E-state index in [0.29, 0.717) is 24.2 Å². The number of terminal acetylenes is 1. The maximum Gasteiger partial charge on any atom is 0.179 e. The number of rotatable bonds is 10. The highest BCUT2D eigenvalue weighted by Gasteiger charge is 2.49. The topological polar surface area (TPSA) is 112 Å². The van der Waals surface area contributed by atoms with Gasteiger partial charge in [0.15, 0.2) is 9.84 Å². The lowest BCUT2D eigenvalue weighted by Gasteiger charge is -2.40. The van der Waals surface area contributed by atoms with E-state index in [4.69, 9.17) is 16.4 Å². The minimum absolute atomic E-state index is 0. The molecule has 0 spiro atoms. The minimum atomic E-state index is -3.71. The first-order valence-electron chi connectivity index (χ1n) is 18.1. The van der Waals surface area contributed by atoms with Crippen molar-refractivity contribution in [1.29, 1.82) is 0 Å². The first-order valence-corrected chi connectivity index (χ1v) is 19.7. The smallest absolute Gasteiger partial charge is 0.179 e. The Bertz CT molecular complexity index is 2740. The highest BCUT2D eigenvalue weighted by atomic mass is 32.2. The van der Waals surface area contributed by atoms with E-state index < -0.39 is 33.1 Å². The van der Waals surface area contributed by atoms with Crippen LogP contribution in [-0.4, -0.2) is 37.7 Å². The van der Waals surface area contributed by atoms with E-state index in [1.807, 2.05) is 18.2 Å². The fourth-order valence-corrected chi connectivity index (χ4v) is 7.83. The molecule has 12 heteroatoms. The van der Waals surface area contributed by atoms with Crippen molar-refractivity contribution in [2.24, 2.45) is 5.41 Å². The quantitative estimate of drug-likeness (QED) is 0.105. The SMILES string of the molecule is C#CC#CC#CC#CC#CC#CC#CC#CC#CC#CC#CC#CC.CCCCC1(CCCC)CS(=O)(=O)c2ccc(F)cc2[C@@H](c2cccc(OC)c2)[C@H]1O.OOOOF.S.[HH].[HH].[HH].[HH].[HH].[HH].[HH].[HH].[HH].[HH].[HH].[HH].[HH].[HH]. The summed E-state index contributed by atoms with van der Waals surface area (Å²) in [5.41, 5.74) is 0.262. The first kappa shape index (κ1) is 54.9. The molecule has 1 aliphatic heterocycles. The summed E-state index contributed by atoms with van der Waals surface area (Å²) in [6, 6.07) is 11.1. The van der Waals surface area contributed by atoms with Crippen LogP contribution in [0.4, 0.5) is 8.92 Å². The molecule has 0 amide bonds. The van der Waals surface area contributed by atoms with Crippen LogP contribution in [0.15, 0.2) is 47.4 Å². The Morgan fingerprint density at radius 2 is 1.24 bits per heavy atom. The monoisotopic (exact) mass is 898 g/mol. The summed E-state index contributed by atoms with van der Waals surface area (Å²) in [5.74, 6) is 56.2. The molecule has 8 nitrogen and oxygen atoms in total. The average Bonchev–Trinajstić information content (AvgIpc) is 3.32. The minimum Gasteiger partial charge on any atom is -0.497 e. The number of ether oxygens (including phenoxy) is 1. The Kier molecular flexibility index (Phi) is 29.9. The van der Waals surface area contributed by atoms with Gasteiger partial charge in [0.25, 0.3) is 0 Å². The number of fused-ring (bicyclic) bond motifs is 1. The molecule has 2 N–H and O–H groups in total. The number of methoxy groups -OCH3 is 1. The third-order valence-electron chi connectivity index (χ3n) is 8.08. The van der Waals surface area contributed by atoms with Gasteiger partial charge in [-0.15, -0.1) is 6.42 Å². The second-order valence-corrected chi connectivity index (χ2v) is 13.9. The molecule has 3 rings (SSSR count). The van der Waals surface area contributed by atoms with Gasteiger partial charge in [0.05, 0.1) is 23.9 Å². The normalized spacial score (nSPS) is 13.1. The summed E-state index contributed by atoms with van der Waals surface area (Å²) in [6.07, 6.45) is 8.64. The van der Waals surface area contributed by atoms with Crippen LogP contribution in [0.5, 0.6) is 5.75 Å². The van der Waals surface area contributed by atoms with Crippen LogP contribution >= 0.6 is 13.5 Å². The van der Waals surface area contributed by atoms with E-state index in [-0.39, 0.29) is 44.1 Å². The van der Waals surface area contributed by atoms with Crippen molar-refractivity contribution in [3.05, 3.63) is 59.4 Å². The van der Waals surface area contributed by atoms with Crippen molar-refractivity contribution in [2.75, 3.05) is 12.9 Å². The van der Waals surface area contributed by atoms with Crippen LogP contribution in [0.25, 0.3) is 0 Å². The molecule has 0 unspecified atom stereocenters. The predicted molar refractivity (Wildman–Crippen MR) is 268 cm³/mol. The summed E-state index contributed by atoms with van der Waals surface area (Å²) in [7, 11) is -2.15. The third kappa shape index (κ3) is 21.3. The van der Waals surface area contributed by atoms with Gasteiger partial charge in [0.2, 0.25) is 0 Å². The fraction of sp³-hybridized carbons (Fsp3) is 0.280. The van der Waals surface area contributed by atoms with E-state index >= 15 is 0 Å². The van der Waals surface area contributed by atoms with Gasteiger partial charge in [-0.05, 0) is 171 Å². The van der Waals surface area contributed by atoms with Gasteiger partial charge < -0.3 is 9.84 Å². The number of hydrogen-bond acceptors (Lipinski definition) is 8. The molecule has 0 fully saturated rings. The van der Waals surface area contributed by atoms with E-state index in [9.17, 15) is 22.4 Å². The summed E-state index contributed by atoms with van der Waals surface area (Å²) < 4.78 is 56.8. The maximum atomic E-state index is 14.3. The summed E-state index contributed by atoms with van der Waals surface area (Å²) in [5, 5.41) is 26.4. The zero-order valence-corrected chi connectivity index (χ0v) is 36.0. The number of aliphatic hydroxyl groups is 1. The predicted octanol–water partition coefficient (Wildman–Crippen LogP) is 9.94. The number of aliphatic hydroxyl groups excluding tert-OH is 1. The molecule has 0 aromatic heterocycles. The van der Waals surface area contributed by atoms with Gasteiger partial charge in [-0.25, -0.2) is 18.1 Å². The van der Waals surface area contributed by atoms with Crippen LogP contribution in [0, 0.1) is 154 Å². The second kappa shape index (κ2) is 33.7. The van der Waals surface area contributed by atoms with E-state index in [0.717, 1.165) is 31.2 Å². The molecule has 2 aromatic carbocycles. The molecule has 0 saturated heterocycles. The molecule has 2 atom stereocenters. The lowest BCUT2D eigenvalue weighted by molar-refractivity contribution is -0.671. The molecule has 342 valence electrons. The van der Waals surface area contributed by atoms with Crippen LogP contribution in [0.1, 0.15) is 96.3 Å².